The van der Waals surface area contributed by atoms with Gasteiger partial charge in [-0.3, -0.25) is 4.79 Å². The molecule has 0 saturated heterocycles. The Hall–Kier alpha value is -3.68. The summed E-state index contributed by atoms with van der Waals surface area (Å²) in [6.45, 7) is 3.34. The summed E-state index contributed by atoms with van der Waals surface area (Å²) in [5.74, 6) is 1.48. The van der Waals surface area contributed by atoms with Gasteiger partial charge in [-0.25, -0.2) is 4.79 Å². The fraction of sp³-hybridized carbons (Fsp3) is 0.304. The summed E-state index contributed by atoms with van der Waals surface area (Å²) in [6, 6.07) is 6.70. The molecule has 2 aromatic rings. The van der Waals surface area contributed by atoms with Gasteiger partial charge in [-0.1, -0.05) is 0 Å². The molecule has 0 fully saturated rings. The summed E-state index contributed by atoms with van der Waals surface area (Å²) >= 11 is 0. The van der Waals surface area contributed by atoms with Gasteiger partial charge in [-0.05, 0) is 44.2 Å². The average molecular weight is 428 g/mol. The van der Waals surface area contributed by atoms with E-state index in [1.165, 1.54) is 28.4 Å². The van der Waals surface area contributed by atoms with Crippen LogP contribution in [0.25, 0.3) is 6.08 Å². The van der Waals surface area contributed by atoms with E-state index in [1.54, 1.807) is 44.2 Å². The SMILES string of the molecule is COC(=O)C(C)Oc1ccc2c(c1C)O/C(=C\c1ccc(OC)c(OC)c1OC)C2=O. The smallest absolute Gasteiger partial charge is 0.346 e. The zero-order chi connectivity index (χ0) is 22.7. The number of carbonyl (C=O) groups is 2. The molecule has 0 saturated carbocycles. The van der Waals surface area contributed by atoms with Crippen LogP contribution in [0.15, 0.2) is 30.0 Å². The van der Waals surface area contributed by atoms with E-state index in [2.05, 4.69) is 4.74 Å². The van der Waals surface area contributed by atoms with Crippen LogP contribution in [0.5, 0.6) is 28.7 Å². The van der Waals surface area contributed by atoms with Crippen LogP contribution < -0.4 is 23.7 Å². The lowest BCUT2D eigenvalue weighted by Crippen LogP contribution is -2.25. The summed E-state index contributed by atoms with van der Waals surface area (Å²) in [5, 5.41) is 0. The van der Waals surface area contributed by atoms with Crippen molar-refractivity contribution in [3.8, 4) is 28.7 Å². The molecule has 164 valence electrons. The molecule has 0 aliphatic carbocycles. The maximum Gasteiger partial charge on any atom is 0.346 e. The van der Waals surface area contributed by atoms with Crippen molar-refractivity contribution in [2.75, 3.05) is 28.4 Å². The minimum Gasteiger partial charge on any atom is -0.493 e. The molecule has 0 N–H and O–H groups in total. The van der Waals surface area contributed by atoms with Gasteiger partial charge in [-0.15, -0.1) is 0 Å². The van der Waals surface area contributed by atoms with Crippen molar-refractivity contribution in [2.45, 2.75) is 20.0 Å². The fourth-order valence-corrected chi connectivity index (χ4v) is 3.28. The number of benzene rings is 2. The standard InChI is InChI=1S/C23H24O8/c1-12-16(30-13(2)23(25)29-6)10-8-15-19(24)18(31-20(12)15)11-14-7-9-17(26-3)22(28-5)21(14)27-4/h7-11,13H,1-6H3/b18-11-. The molecule has 8 heteroatoms. The van der Waals surface area contributed by atoms with Crippen molar-refractivity contribution in [1.29, 1.82) is 0 Å². The number of ketones is 1. The van der Waals surface area contributed by atoms with Crippen LogP contribution in [-0.2, 0) is 9.53 Å². The van der Waals surface area contributed by atoms with Crippen molar-refractivity contribution >= 4 is 17.8 Å². The van der Waals surface area contributed by atoms with Gasteiger partial charge in [-0.2, -0.15) is 0 Å². The van der Waals surface area contributed by atoms with Crippen LogP contribution in [0.4, 0.5) is 0 Å². The molecule has 0 aromatic heterocycles. The van der Waals surface area contributed by atoms with E-state index in [1.807, 2.05) is 0 Å². The molecule has 0 bridgehead atoms. The lowest BCUT2D eigenvalue weighted by atomic mass is 10.1. The number of carbonyl (C=O) groups excluding carboxylic acids is 2. The number of fused-ring (bicyclic) bond motifs is 1. The van der Waals surface area contributed by atoms with E-state index < -0.39 is 12.1 Å². The van der Waals surface area contributed by atoms with E-state index in [9.17, 15) is 9.59 Å². The highest BCUT2D eigenvalue weighted by molar-refractivity contribution is 6.15. The van der Waals surface area contributed by atoms with Crippen molar-refractivity contribution in [1.82, 2.24) is 0 Å². The zero-order valence-corrected chi connectivity index (χ0v) is 18.2. The van der Waals surface area contributed by atoms with Crippen LogP contribution in [0.3, 0.4) is 0 Å². The monoisotopic (exact) mass is 428 g/mol. The summed E-state index contributed by atoms with van der Waals surface area (Å²) in [4.78, 5) is 24.6. The number of hydrogen-bond donors (Lipinski definition) is 0. The topological polar surface area (TPSA) is 89.5 Å². The van der Waals surface area contributed by atoms with Crippen LogP contribution in [0, 0.1) is 6.92 Å². The fourth-order valence-electron chi connectivity index (χ4n) is 3.28. The molecule has 3 rings (SSSR count). The van der Waals surface area contributed by atoms with E-state index in [0.29, 0.717) is 45.4 Å². The minimum atomic E-state index is -0.801. The highest BCUT2D eigenvalue weighted by Crippen LogP contribution is 2.43. The Morgan fingerprint density at radius 2 is 1.65 bits per heavy atom. The Labute approximate surface area is 180 Å². The number of hydrogen-bond acceptors (Lipinski definition) is 8. The Kier molecular flexibility index (Phi) is 6.39. The quantitative estimate of drug-likeness (QED) is 0.488. The third-order valence-electron chi connectivity index (χ3n) is 4.89. The average Bonchev–Trinajstić information content (AvgIpc) is 3.10. The van der Waals surface area contributed by atoms with Crippen LogP contribution in [0.2, 0.25) is 0 Å². The van der Waals surface area contributed by atoms with Gasteiger partial charge in [0.05, 0.1) is 34.0 Å². The van der Waals surface area contributed by atoms with E-state index in [-0.39, 0.29) is 11.5 Å². The molecule has 31 heavy (non-hydrogen) atoms. The molecule has 1 aliphatic heterocycles. The Bertz CT molecular complexity index is 1050. The molecule has 8 nitrogen and oxygen atoms in total. The zero-order valence-electron chi connectivity index (χ0n) is 18.2. The lowest BCUT2D eigenvalue weighted by molar-refractivity contribution is -0.147. The van der Waals surface area contributed by atoms with Gasteiger partial charge in [0.1, 0.15) is 11.5 Å². The Morgan fingerprint density at radius 3 is 2.26 bits per heavy atom. The van der Waals surface area contributed by atoms with Crippen LogP contribution >= 0.6 is 0 Å². The van der Waals surface area contributed by atoms with Crippen molar-refractivity contribution in [2.24, 2.45) is 0 Å². The number of esters is 1. The Morgan fingerprint density at radius 1 is 0.968 bits per heavy atom. The highest BCUT2D eigenvalue weighted by atomic mass is 16.6. The Balaban J connectivity index is 1.97. The normalized spacial score (nSPS) is 14.5. The first-order chi connectivity index (χ1) is 14.9. The molecule has 1 unspecified atom stereocenters. The molecule has 0 radical (unpaired) electrons. The molecule has 1 heterocycles. The maximum absolute atomic E-state index is 12.9. The second-order valence-corrected chi connectivity index (χ2v) is 6.71. The molecule has 0 amide bonds. The molecule has 1 aliphatic rings. The van der Waals surface area contributed by atoms with Gasteiger partial charge >= 0.3 is 5.97 Å². The van der Waals surface area contributed by atoms with E-state index >= 15 is 0 Å². The summed E-state index contributed by atoms with van der Waals surface area (Å²) < 4.78 is 32.4. The highest BCUT2D eigenvalue weighted by Gasteiger charge is 2.31. The molecule has 0 spiro atoms. The lowest BCUT2D eigenvalue weighted by Gasteiger charge is -2.15. The minimum absolute atomic E-state index is 0.127. The van der Waals surface area contributed by atoms with Gasteiger partial charge in [0.15, 0.2) is 23.4 Å². The third kappa shape index (κ3) is 4.01. The molecular weight excluding hydrogens is 404 g/mol. The predicted molar refractivity (Wildman–Crippen MR) is 112 cm³/mol. The first-order valence-corrected chi connectivity index (χ1v) is 9.47. The summed E-state index contributed by atoms with van der Waals surface area (Å²) in [7, 11) is 5.82. The van der Waals surface area contributed by atoms with Crippen molar-refractivity contribution < 1.29 is 38.0 Å². The van der Waals surface area contributed by atoms with Crippen molar-refractivity contribution in [3.63, 3.8) is 0 Å². The van der Waals surface area contributed by atoms with Gasteiger partial charge in [0.2, 0.25) is 11.5 Å². The van der Waals surface area contributed by atoms with Crippen molar-refractivity contribution in [3.05, 3.63) is 46.7 Å². The first-order valence-electron chi connectivity index (χ1n) is 9.47. The summed E-state index contributed by atoms with van der Waals surface area (Å²) in [6.07, 6.45) is 0.782. The first kappa shape index (κ1) is 22.0. The van der Waals surface area contributed by atoms with Gasteiger partial charge in [0, 0.05) is 11.1 Å². The molecule has 1 atom stereocenters. The number of methoxy groups -OCH3 is 4. The second-order valence-electron chi connectivity index (χ2n) is 6.71. The van der Waals surface area contributed by atoms with E-state index in [4.69, 9.17) is 23.7 Å². The van der Waals surface area contributed by atoms with E-state index in [0.717, 1.165) is 0 Å². The number of ether oxygens (including phenoxy) is 6. The van der Waals surface area contributed by atoms with Crippen LogP contribution in [-0.4, -0.2) is 46.3 Å². The summed E-state index contributed by atoms with van der Waals surface area (Å²) in [5.41, 5.74) is 1.59. The largest absolute Gasteiger partial charge is 0.493 e. The number of Topliss-reactive ketones (excluding diaryl/α,β-unsaturated/α-hetero) is 1. The third-order valence-corrected chi connectivity index (χ3v) is 4.89. The van der Waals surface area contributed by atoms with Gasteiger partial charge < -0.3 is 28.4 Å². The predicted octanol–water partition coefficient (Wildman–Crippen LogP) is 3.58. The number of allylic oxidation sites excluding steroid dienone is 1. The molecule has 2 aromatic carbocycles. The van der Waals surface area contributed by atoms with Gasteiger partial charge in [0.25, 0.3) is 0 Å². The second kappa shape index (κ2) is 8.99. The maximum atomic E-state index is 12.9. The van der Waals surface area contributed by atoms with Crippen LogP contribution in [0.1, 0.15) is 28.4 Å². The number of rotatable bonds is 7. The molecular formula is C23H24O8.